The van der Waals surface area contributed by atoms with Gasteiger partial charge in [0.15, 0.2) is 0 Å². The van der Waals surface area contributed by atoms with E-state index >= 15 is 0 Å². The maximum absolute atomic E-state index is 12.8. The van der Waals surface area contributed by atoms with Gasteiger partial charge in [-0.3, -0.25) is 0 Å². The van der Waals surface area contributed by atoms with Crippen LogP contribution in [0.25, 0.3) is 0 Å². The van der Waals surface area contributed by atoms with Crippen LogP contribution in [0.15, 0.2) is 67.3 Å². The summed E-state index contributed by atoms with van der Waals surface area (Å²) in [7, 11) is 1.54. The predicted molar refractivity (Wildman–Crippen MR) is 129 cm³/mol. The molecule has 0 unspecified atom stereocenters. The first-order valence-corrected chi connectivity index (χ1v) is 11.4. The van der Waals surface area contributed by atoms with Crippen molar-refractivity contribution in [3.63, 3.8) is 0 Å². The van der Waals surface area contributed by atoms with Crippen molar-refractivity contribution in [1.29, 1.82) is 0 Å². The van der Waals surface area contributed by atoms with Gasteiger partial charge in [-0.2, -0.15) is 0 Å². The molecule has 1 N–H and O–H groups in total. The molecule has 7 heteroatoms. The van der Waals surface area contributed by atoms with Gasteiger partial charge in [-0.05, 0) is 43.4 Å². The number of carbonyl (C=O) groups is 2. The number of rotatable bonds is 17. The molecule has 0 fully saturated rings. The lowest BCUT2D eigenvalue weighted by molar-refractivity contribution is -0.0851. The first-order chi connectivity index (χ1) is 16.5. The Bertz CT molecular complexity index is 882. The molecule has 0 radical (unpaired) electrons. The molecule has 34 heavy (non-hydrogen) atoms. The fraction of sp³-hybridized carbons (Fsp3) is 0.407. The number of esters is 1. The number of hydrogen-bond donors (Lipinski definition) is 1. The van der Waals surface area contributed by atoms with Crippen molar-refractivity contribution in [2.75, 3.05) is 20.5 Å². The summed E-state index contributed by atoms with van der Waals surface area (Å²) in [6, 6.07) is 16.0. The molecule has 0 saturated carbocycles. The van der Waals surface area contributed by atoms with Gasteiger partial charge in [-0.15, -0.1) is 6.58 Å². The van der Waals surface area contributed by atoms with Gasteiger partial charge in [0.2, 0.25) is 0 Å². The van der Waals surface area contributed by atoms with Crippen molar-refractivity contribution >= 4 is 11.9 Å². The van der Waals surface area contributed by atoms with E-state index in [1.165, 1.54) is 12.1 Å². The largest absolute Gasteiger partial charge is 0.478 e. The van der Waals surface area contributed by atoms with Gasteiger partial charge in [-0.1, -0.05) is 48.5 Å². The average molecular weight is 471 g/mol. The maximum atomic E-state index is 12.8. The summed E-state index contributed by atoms with van der Waals surface area (Å²) in [5.41, 5.74) is 1.07. The van der Waals surface area contributed by atoms with Gasteiger partial charge < -0.3 is 24.1 Å². The molecule has 184 valence electrons. The minimum Gasteiger partial charge on any atom is -0.478 e. The van der Waals surface area contributed by atoms with E-state index in [1.54, 1.807) is 25.3 Å². The van der Waals surface area contributed by atoms with E-state index in [1.807, 2.05) is 30.3 Å². The molecule has 7 nitrogen and oxygen atoms in total. The lowest BCUT2D eigenvalue weighted by atomic mass is 10.0. The molecule has 2 aromatic rings. The molecule has 0 saturated heterocycles. The number of benzene rings is 2. The molecule has 0 amide bonds. The number of carboxylic acids is 1. The summed E-state index contributed by atoms with van der Waals surface area (Å²) in [5, 5.41) is 9.40. The van der Waals surface area contributed by atoms with Crippen LogP contribution in [0.4, 0.5) is 0 Å². The highest BCUT2D eigenvalue weighted by Crippen LogP contribution is 2.20. The van der Waals surface area contributed by atoms with E-state index in [9.17, 15) is 14.7 Å². The van der Waals surface area contributed by atoms with E-state index in [0.717, 1.165) is 18.4 Å². The van der Waals surface area contributed by atoms with Crippen molar-refractivity contribution in [1.82, 2.24) is 0 Å². The smallest absolute Gasteiger partial charge is 0.339 e. The van der Waals surface area contributed by atoms with E-state index < -0.39 is 18.0 Å². The van der Waals surface area contributed by atoms with Gasteiger partial charge >= 0.3 is 11.9 Å². The van der Waals surface area contributed by atoms with Crippen LogP contribution in [0.2, 0.25) is 0 Å². The molecule has 0 aliphatic carbocycles. The Labute approximate surface area is 201 Å². The topological polar surface area (TPSA) is 91.3 Å². The molecule has 0 spiro atoms. The summed E-state index contributed by atoms with van der Waals surface area (Å²) in [4.78, 5) is 24.3. The van der Waals surface area contributed by atoms with Crippen LogP contribution >= 0.6 is 0 Å². The SMILES string of the molecule is C=CC[C@H](C[C@H](CCCCOCc1ccccc1)OC(=O)c1ccccc1C(=O)O)OCOC. The van der Waals surface area contributed by atoms with E-state index in [0.29, 0.717) is 32.5 Å². The van der Waals surface area contributed by atoms with Crippen molar-refractivity contribution in [2.24, 2.45) is 0 Å². The summed E-state index contributed by atoms with van der Waals surface area (Å²) in [5.74, 6) is -1.83. The number of methoxy groups -OCH3 is 1. The van der Waals surface area contributed by atoms with Crippen LogP contribution in [0.1, 0.15) is 58.4 Å². The van der Waals surface area contributed by atoms with Crippen LogP contribution < -0.4 is 0 Å². The lowest BCUT2D eigenvalue weighted by Crippen LogP contribution is -2.27. The third-order valence-electron chi connectivity index (χ3n) is 5.20. The number of hydrogen-bond acceptors (Lipinski definition) is 6. The first-order valence-electron chi connectivity index (χ1n) is 11.4. The Morgan fingerprint density at radius 1 is 1.00 bits per heavy atom. The normalized spacial score (nSPS) is 12.6. The van der Waals surface area contributed by atoms with Gasteiger partial charge in [0.05, 0.1) is 23.8 Å². The molecule has 2 atom stereocenters. The zero-order valence-corrected chi connectivity index (χ0v) is 19.7. The highest BCUT2D eigenvalue weighted by Gasteiger charge is 2.23. The third kappa shape index (κ3) is 9.87. The Morgan fingerprint density at radius 3 is 2.38 bits per heavy atom. The number of unbranched alkanes of at least 4 members (excludes halogenated alkanes) is 1. The maximum Gasteiger partial charge on any atom is 0.339 e. The summed E-state index contributed by atoms with van der Waals surface area (Å²) in [6.45, 7) is 5.03. The second-order valence-electron chi connectivity index (χ2n) is 7.87. The molecule has 0 aliphatic heterocycles. The van der Waals surface area contributed by atoms with Crippen LogP contribution in [-0.2, 0) is 25.6 Å². The highest BCUT2D eigenvalue weighted by molar-refractivity contribution is 6.02. The first kappa shape index (κ1) is 27.2. The molecule has 2 aromatic carbocycles. The zero-order valence-electron chi connectivity index (χ0n) is 19.7. The van der Waals surface area contributed by atoms with Gasteiger partial charge in [0, 0.05) is 20.1 Å². The van der Waals surface area contributed by atoms with Gasteiger partial charge in [-0.25, -0.2) is 9.59 Å². The summed E-state index contributed by atoms with van der Waals surface area (Å²) < 4.78 is 22.2. The van der Waals surface area contributed by atoms with E-state index in [-0.39, 0.29) is 24.0 Å². The number of ether oxygens (including phenoxy) is 4. The quantitative estimate of drug-likeness (QED) is 0.146. The minimum absolute atomic E-state index is 0.0317. The summed E-state index contributed by atoms with van der Waals surface area (Å²) >= 11 is 0. The molecule has 0 aromatic heterocycles. The number of carboxylic acid groups (broad SMARTS) is 1. The van der Waals surface area contributed by atoms with Crippen LogP contribution in [0.5, 0.6) is 0 Å². The second kappa shape index (κ2) is 15.8. The molecule has 0 heterocycles. The summed E-state index contributed by atoms with van der Waals surface area (Å²) in [6.07, 6.45) is 4.25. The monoisotopic (exact) mass is 470 g/mol. The highest BCUT2D eigenvalue weighted by atomic mass is 16.7. The Hall–Kier alpha value is -3.00. The predicted octanol–water partition coefficient (Wildman–Crippen LogP) is 5.25. The Balaban J connectivity index is 1.95. The van der Waals surface area contributed by atoms with E-state index in [2.05, 4.69) is 6.58 Å². The lowest BCUT2D eigenvalue weighted by Gasteiger charge is -2.23. The fourth-order valence-electron chi connectivity index (χ4n) is 3.50. The molecule has 2 rings (SSSR count). The molecular weight excluding hydrogens is 436 g/mol. The van der Waals surface area contributed by atoms with Crippen LogP contribution in [0.3, 0.4) is 0 Å². The van der Waals surface area contributed by atoms with Crippen molar-refractivity contribution in [3.05, 3.63) is 83.9 Å². The second-order valence-corrected chi connectivity index (χ2v) is 7.87. The number of aromatic carboxylic acids is 1. The molecule has 0 aliphatic rings. The van der Waals surface area contributed by atoms with Gasteiger partial charge in [0.25, 0.3) is 0 Å². The van der Waals surface area contributed by atoms with Crippen molar-refractivity contribution in [3.8, 4) is 0 Å². The van der Waals surface area contributed by atoms with E-state index in [4.69, 9.17) is 18.9 Å². The van der Waals surface area contributed by atoms with Crippen LogP contribution in [-0.4, -0.2) is 49.8 Å². The molecular formula is C27H34O7. The van der Waals surface area contributed by atoms with Crippen LogP contribution in [0, 0.1) is 0 Å². The number of carbonyl (C=O) groups excluding carboxylic acids is 1. The molecule has 0 bridgehead atoms. The van der Waals surface area contributed by atoms with Crippen molar-refractivity contribution < 1.29 is 33.6 Å². The Morgan fingerprint density at radius 2 is 1.71 bits per heavy atom. The van der Waals surface area contributed by atoms with Crippen molar-refractivity contribution in [2.45, 2.75) is 50.9 Å². The standard InChI is InChI=1S/C27H34O7/c1-3-11-22(33-20-31-2)18-23(14-9-10-17-32-19-21-12-5-4-6-13-21)34-27(30)25-16-8-7-15-24(25)26(28)29/h3-8,12-13,15-16,22-23H,1,9-11,14,17-20H2,2H3,(H,28,29)/t22-,23+/m1/s1. The average Bonchev–Trinajstić information content (AvgIpc) is 2.85. The fourth-order valence-corrected chi connectivity index (χ4v) is 3.50. The Kier molecular flexibility index (Phi) is 12.6. The zero-order chi connectivity index (χ0) is 24.6. The minimum atomic E-state index is -1.17. The third-order valence-corrected chi connectivity index (χ3v) is 5.20. The van der Waals surface area contributed by atoms with Gasteiger partial charge in [0.1, 0.15) is 12.9 Å².